The predicted molar refractivity (Wildman–Crippen MR) is 61.7 cm³/mol. The summed E-state index contributed by atoms with van der Waals surface area (Å²) >= 11 is 0. The Hall–Kier alpha value is -1.51. The molecule has 2 heterocycles. The number of esters is 1. The van der Waals surface area contributed by atoms with Gasteiger partial charge in [0, 0.05) is 0 Å². The normalized spacial score (nSPS) is 30.8. The molecule has 4 atom stereocenters. The van der Waals surface area contributed by atoms with Gasteiger partial charge < -0.3 is 19.7 Å². The van der Waals surface area contributed by atoms with Crippen LogP contribution < -0.4 is 0 Å². The molecule has 1 fully saturated rings. The van der Waals surface area contributed by atoms with Crippen molar-refractivity contribution in [1.29, 1.82) is 0 Å². The van der Waals surface area contributed by atoms with E-state index in [1.54, 1.807) is 13.8 Å². The molecule has 0 bridgehead atoms. The summed E-state index contributed by atoms with van der Waals surface area (Å²) in [4.78, 5) is 15.1. The second-order valence-electron chi connectivity index (χ2n) is 4.71. The van der Waals surface area contributed by atoms with Crippen molar-refractivity contribution in [1.82, 2.24) is 14.8 Å². The van der Waals surface area contributed by atoms with Crippen LogP contribution in [0, 0.1) is 5.92 Å². The van der Waals surface area contributed by atoms with Gasteiger partial charge in [0.2, 0.25) is 0 Å². The molecule has 0 aromatic carbocycles. The van der Waals surface area contributed by atoms with Gasteiger partial charge >= 0.3 is 5.97 Å². The lowest BCUT2D eigenvalue weighted by atomic mass is 10.1. The maximum absolute atomic E-state index is 11.3. The quantitative estimate of drug-likeness (QED) is 0.683. The van der Waals surface area contributed by atoms with Gasteiger partial charge in [-0.1, -0.05) is 13.8 Å². The number of aromatic nitrogens is 3. The van der Waals surface area contributed by atoms with Gasteiger partial charge in [-0.15, -0.1) is 0 Å². The first-order valence-corrected chi connectivity index (χ1v) is 6.03. The molecule has 0 unspecified atom stereocenters. The van der Waals surface area contributed by atoms with E-state index in [9.17, 15) is 15.0 Å². The number of aliphatic hydroxyl groups excluding tert-OH is 2. The third-order valence-corrected chi connectivity index (χ3v) is 2.90. The van der Waals surface area contributed by atoms with E-state index in [1.165, 1.54) is 17.3 Å². The lowest BCUT2D eigenvalue weighted by molar-refractivity contribution is -0.153. The van der Waals surface area contributed by atoms with E-state index in [4.69, 9.17) is 9.47 Å². The zero-order chi connectivity index (χ0) is 14.0. The van der Waals surface area contributed by atoms with Crippen molar-refractivity contribution < 1.29 is 24.5 Å². The second kappa shape index (κ2) is 5.64. The number of nitrogens with zero attached hydrogens (tertiary/aromatic N) is 3. The molecule has 8 heteroatoms. The zero-order valence-electron chi connectivity index (χ0n) is 10.7. The van der Waals surface area contributed by atoms with Crippen molar-refractivity contribution in [2.75, 3.05) is 6.61 Å². The first-order chi connectivity index (χ1) is 9.00. The van der Waals surface area contributed by atoms with Crippen molar-refractivity contribution in [3.63, 3.8) is 0 Å². The summed E-state index contributed by atoms with van der Waals surface area (Å²) in [5, 5.41) is 23.6. The Morgan fingerprint density at radius 2 is 2.21 bits per heavy atom. The van der Waals surface area contributed by atoms with Gasteiger partial charge in [0.05, 0.1) is 5.92 Å². The standard InChI is InChI=1S/C11H17N3O5/c1-6(2)11(17)18-3-7-8(15)9(16)10(19-7)14-5-12-4-13-14/h4-10,15-16H,3H2,1-2H3/t7-,8-,9-,10-/m1/s1. The second-order valence-corrected chi connectivity index (χ2v) is 4.71. The fourth-order valence-corrected chi connectivity index (χ4v) is 1.77. The van der Waals surface area contributed by atoms with Crippen molar-refractivity contribution in [2.45, 2.75) is 38.4 Å². The van der Waals surface area contributed by atoms with Crippen LogP contribution in [-0.2, 0) is 14.3 Å². The van der Waals surface area contributed by atoms with Crippen LogP contribution in [0.25, 0.3) is 0 Å². The van der Waals surface area contributed by atoms with Crippen molar-refractivity contribution in [3.8, 4) is 0 Å². The maximum Gasteiger partial charge on any atom is 0.308 e. The summed E-state index contributed by atoms with van der Waals surface area (Å²) in [5.74, 6) is -0.635. The molecule has 1 aromatic heterocycles. The molecule has 1 aromatic rings. The number of aliphatic hydroxyl groups is 2. The number of carbonyl (C=O) groups is 1. The Balaban J connectivity index is 1.95. The van der Waals surface area contributed by atoms with Gasteiger partial charge in [0.15, 0.2) is 6.23 Å². The molecule has 0 radical (unpaired) electrons. The largest absolute Gasteiger partial charge is 0.463 e. The maximum atomic E-state index is 11.3. The van der Waals surface area contributed by atoms with Crippen molar-refractivity contribution in [3.05, 3.63) is 12.7 Å². The molecule has 0 spiro atoms. The monoisotopic (exact) mass is 271 g/mol. The third-order valence-electron chi connectivity index (χ3n) is 2.90. The molecule has 1 aliphatic heterocycles. The molecule has 1 saturated heterocycles. The SMILES string of the molecule is CC(C)C(=O)OC[C@H]1O[C@@H](n2cncn2)[C@H](O)[C@@H]1O. The van der Waals surface area contributed by atoms with E-state index in [0.29, 0.717) is 0 Å². The summed E-state index contributed by atoms with van der Waals surface area (Å²) in [7, 11) is 0. The van der Waals surface area contributed by atoms with Crippen LogP contribution in [0.15, 0.2) is 12.7 Å². The molecule has 106 valence electrons. The molecule has 2 N–H and O–H groups in total. The van der Waals surface area contributed by atoms with Crippen LogP contribution in [0.2, 0.25) is 0 Å². The topological polar surface area (TPSA) is 107 Å². The minimum absolute atomic E-state index is 0.111. The van der Waals surface area contributed by atoms with E-state index in [1.807, 2.05) is 0 Å². The Morgan fingerprint density at radius 1 is 1.47 bits per heavy atom. The molecule has 1 aliphatic rings. The van der Waals surface area contributed by atoms with Gasteiger partial charge in [-0.2, -0.15) is 5.10 Å². The predicted octanol–water partition coefficient (Wildman–Crippen LogP) is -0.904. The summed E-state index contributed by atoms with van der Waals surface area (Å²) in [6, 6.07) is 0. The fraction of sp³-hybridized carbons (Fsp3) is 0.727. The first-order valence-electron chi connectivity index (χ1n) is 6.03. The smallest absolute Gasteiger partial charge is 0.308 e. The Labute approximate surface area is 110 Å². The first kappa shape index (κ1) is 13.9. The number of ether oxygens (including phenoxy) is 2. The summed E-state index contributed by atoms with van der Waals surface area (Å²) < 4.78 is 11.7. The molecular weight excluding hydrogens is 254 g/mol. The number of hydrogen-bond acceptors (Lipinski definition) is 7. The summed E-state index contributed by atoms with van der Waals surface area (Å²) in [6.45, 7) is 3.31. The average Bonchev–Trinajstić information content (AvgIpc) is 2.98. The number of rotatable bonds is 4. The molecule has 2 rings (SSSR count). The molecule has 19 heavy (non-hydrogen) atoms. The van der Waals surface area contributed by atoms with Crippen LogP contribution in [0.5, 0.6) is 0 Å². The van der Waals surface area contributed by atoms with Crippen molar-refractivity contribution in [2.24, 2.45) is 5.92 Å². The van der Waals surface area contributed by atoms with Crippen LogP contribution in [0.1, 0.15) is 20.1 Å². The highest BCUT2D eigenvalue weighted by Gasteiger charge is 2.44. The van der Waals surface area contributed by atoms with Gasteiger partial charge in [-0.25, -0.2) is 9.67 Å². The highest BCUT2D eigenvalue weighted by molar-refractivity contribution is 5.71. The summed E-state index contributed by atoms with van der Waals surface area (Å²) in [5.41, 5.74) is 0. The molecular formula is C11H17N3O5. The highest BCUT2D eigenvalue weighted by atomic mass is 16.6. The van der Waals surface area contributed by atoms with E-state index < -0.39 is 24.5 Å². The number of carbonyl (C=O) groups excluding carboxylic acids is 1. The fourth-order valence-electron chi connectivity index (χ4n) is 1.77. The van der Waals surface area contributed by atoms with Crippen LogP contribution >= 0.6 is 0 Å². The van der Waals surface area contributed by atoms with E-state index in [-0.39, 0.29) is 18.5 Å². The van der Waals surface area contributed by atoms with Crippen LogP contribution in [0.4, 0.5) is 0 Å². The van der Waals surface area contributed by atoms with E-state index in [0.717, 1.165) is 0 Å². The Kier molecular flexibility index (Phi) is 4.13. The third kappa shape index (κ3) is 2.91. The van der Waals surface area contributed by atoms with Gasteiger partial charge in [0.1, 0.15) is 37.6 Å². The zero-order valence-corrected chi connectivity index (χ0v) is 10.7. The highest BCUT2D eigenvalue weighted by Crippen LogP contribution is 2.28. The van der Waals surface area contributed by atoms with Crippen LogP contribution in [0.3, 0.4) is 0 Å². The lowest BCUT2D eigenvalue weighted by Gasteiger charge is -2.15. The molecule has 8 nitrogen and oxygen atoms in total. The summed E-state index contributed by atoms with van der Waals surface area (Å²) in [6.07, 6.45) is -1.23. The van der Waals surface area contributed by atoms with Crippen LogP contribution in [-0.4, -0.2) is 55.9 Å². The molecule has 0 amide bonds. The Morgan fingerprint density at radius 3 is 2.79 bits per heavy atom. The van der Waals surface area contributed by atoms with Gasteiger partial charge in [-0.3, -0.25) is 4.79 Å². The minimum Gasteiger partial charge on any atom is -0.463 e. The van der Waals surface area contributed by atoms with Gasteiger partial charge in [-0.05, 0) is 0 Å². The lowest BCUT2D eigenvalue weighted by Crippen LogP contribution is -2.34. The van der Waals surface area contributed by atoms with E-state index >= 15 is 0 Å². The molecule has 0 aliphatic carbocycles. The van der Waals surface area contributed by atoms with E-state index in [2.05, 4.69) is 10.1 Å². The Bertz CT molecular complexity index is 422. The molecule has 0 saturated carbocycles. The number of hydrogen-bond donors (Lipinski definition) is 2. The van der Waals surface area contributed by atoms with Gasteiger partial charge in [0.25, 0.3) is 0 Å². The minimum atomic E-state index is -1.15. The average molecular weight is 271 g/mol. The van der Waals surface area contributed by atoms with Crippen molar-refractivity contribution >= 4 is 5.97 Å².